The average Bonchev–Trinajstić information content (AvgIpc) is 2.53. The second kappa shape index (κ2) is 8.04. The summed E-state index contributed by atoms with van der Waals surface area (Å²) in [6.45, 7) is 1.20. The lowest BCUT2D eigenvalue weighted by Gasteiger charge is -2.32. The summed E-state index contributed by atoms with van der Waals surface area (Å²) in [5.74, 6) is -1.73. The number of nitrogens with zero attached hydrogens (tertiary/aromatic N) is 1. The van der Waals surface area contributed by atoms with Crippen LogP contribution in [0, 0.1) is 17.6 Å². The molecule has 2 rings (SSSR count). The van der Waals surface area contributed by atoms with Gasteiger partial charge in [0, 0.05) is 25.9 Å². The van der Waals surface area contributed by atoms with E-state index in [1.54, 1.807) is 4.90 Å². The molecule has 1 heterocycles. The van der Waals surface area contributed by atoms with Crippen LogP contribution in [-0.2, 0) is 16.0 Å². The number of carboxylic acid groups (broad SMARTS) is 1. The Morgan fingerprint density at radius 1 is 1.26 bits per heavy atom. The molecule has 1 saturated heterocycles. The molecule has 0 bridgehead atoms. The van der Waals surface area contributed by atoms with Gasteiger partial charge in [-0.3, -0.25) is 9.59 Å². The highest BCUT2D eigenvalue weighted by Crippen LogP contribution is 2.22. The van der Waals surface area contributed by atoms with Crippen molar-refractivity contribution in [2.75, 3.05) is 13.1 Å². The largest absolute Gasteiger partial charge is 0.481 e. The molecule has 4 nitrogen and oxygen atoms in total. The lowest BCUT2D eigenvalue weighted by molar-refractivity contribution is -0.137. The van der Waals surface area contributed by atoms with Crippen molar-refractivity contribution in [3.63, 3.8) is 0 Å². The number of carboxylic acids is 1. The Morgan fingerprint density at radius 3 is 2.78 bits per heavy atom. The Kier molecular flexibility index (Phi) is 6.07. The Labute approximate surface area is 134 Å². The molecule has 1 aliphatic rings. The summed E-state index contributed by atoms with van der Waals surface area (Å²) in [6, 6.07) is 3.24. The monoisotopic (exact) mass is 325 g/mol. The van der Waals surface area contributed by atoms with Crippen molar-refractivity contribution < 1.29 is 23.5 Å². The Balaban J connectivity index is 1.85. The first-order valence-electron chi connectivity index (χ1n) is 7.89. The van der Waals surface area contributed by atoms with Crippen LogP contribution in [-0.4, -0.2) is 35.0 Å². The van der Waals surface area contributed by atoms with Crippen molar-refractivity contribution in [3.05, 3.63) is 35.4 Å². The fourth-order valence-electron chi connectivity index (χ4n) is 2.99. The van der Waals surface area contributed by atoms with Crippen LogP contribution in [0.2, 0.25) is 0 Å². The van der Waals surface area contributed by atoms with Gasteiger partial charge in [-0.2, -0.15) is 0 Å². The normalized spacial score (nSPS) is 18.0. The van der Waals surface area contributed by atoms with Crippen molar-refractivity contribution in [3.8, 4) is 0 Å². The van der Waals surface area contributed by atoms with Gasteiger partial charge in [-0.25, -0.2) is 8.78 Å². The van der Waals surface area contributed by atoms with E-state index in [0.29, 0.717) is 19.5 Å². The Morgan fingerprint density at radius 2 is 2.04 bits per heavy atom. The molecule has 23 heavy (non-hydrogen) atoms. The maximum atomic E-state index is 13.6. The Hall–Kier alpha value is -1.98. The van der Waals surface area contributed by atoms with Crippen molar-refractivity contribution in [1.29, 1.82) is 0 Å². The molecular weight excluding hydrogens is 304 g/mol. The molecule has 0 aliphatic carbocycles. The van der Waals surface area contributed by atoms with Gasteiger partial charge in [-0.1, -0.05) is 0 Å². The molecule has 1 amide bonds. The number of aryl methyl sites for hydroxylation is 1. The highest BCUT2D eigenvalue weighted by molar-refractivity contribution is 5.76. The van der Waals surface area contributed by atoms with Gasteiger partial charge in [-0.05, 0) is 55.4 Å². The fraction of sp³-hybridized carbons (Fsp3) is 0.529. The highest BCUT2D eigenvalue weighted by Gasteiger charge is 2.24. The van der Waals surface area contributed by atoms with E-state index in [4.69, 9.17) is 5.11 Å². The number of halogens is 2. The van der Waals surface area contributed by atoms with E-state index in [0.717, 1.165) is 31.0 Å². The van der Waals surface area contributed by atoms with E-state index >= 15 is 0 Å². The van der Waals surface area contributed by atoms with Gasteiger partial charge in [0.1, 0.15) is 11.6 Å². The SMILES string of the molecule is O=C(O)CC[C@@H]1CCCN(C(=O)CCc2cc(F)ccc2F)C1. The molecule has 1 aromatic carbocycles. The first-order chi connectivity index (χ1) is 11.0. The van der Waals surface area contributed by atoms with Crippen LogP contribution in [0.5, 0.6) is 0 Å². The van der Waals surface area contributed by atoms with Crippen LogP contribution in [0.15, 0.2) is 18.2 Å². The van der Waals surface area contributed by atoms with Crippen LogP contribution < -0.4 is 0 Å². The minimum atomic E-state index is -0.824. The van der Waals surface area contributed by atoms with E-state index in [-0.39, 0.29) is 36.7 Å². The van der Waals surface area contributed by atoms with Crippen molar-refractivity contribution >= 4 is 11.9 Å². The number of carbonyl (C=O) groups excluding carboxylic acids is 1. The molecule has 1 aliphatic heterocycles. The molecular formula is C17H21F2NO3. The molecule has 0 aromatic heterocycles. The maximum Gasteiger partial charge on any atom is 0.303 e. The topological polar surface area (TPSA) is 57.6 Å². The quantitative estimate of drug-likeness (QED) is 0.875. The summed E-state index contributed by atoms with van der Waals surface area (Å²) in [4.78, 5) is 24.6. The van der Waals surface area contributed by atoms with E-state index in [2.05, 4.69) is 0 Å². The molecule has 0 spiro atoms. The van der Waals surface area contributed by atoms with Gasteiger partial charge < -0.3 is 10.0 Å². The number of hydrogen-bond donors (Lipinski definition) is 1. The van der Waals surface area contributed by atoms with Crippen LogP contribution in [0.1, 0.15) is 37.7 Å². The number of rotatable bonds is 6. The number of aliphatic carboxylic acids is 1. The van der Waals surface area contributed by atoms with Crippen molar-refractivity contribution in [2.24, 2.45) is 5.92 Å². The lowest BCUT2D eigenvalue weighted by Crippen LogP contribution is -2.40. The number of piperidine rings is 1. The van der Waals surface area contributed by atoms with Gasteiger partial charge in [0.2, 0.25) is 5.91 Å². The summed E-state index contributed by atoms with van der Waals surface area (Å²) in [5, 5.41) is 8.73. The molecule has 126 valence electrons. The van der Waals surface area contributed by atoms with E-state index in [1.807, 2.05) is 0 Å². The summed E-state index contributed by atoms with van der Waals surface area (Å²) in [6.07, 6.45) is 2.75. The van der Waals surface area contributed by atoms with Gasteiger partial charge in [0.05, 0.1) is 0 Å². The molecule has 1 fully saturated rings. The summed E-state index contributed by atoms with van der Waals surface area (Å²) in [5.41, 5.74) is 0.206. The molecule has 0 saturated carbocycles. The van der Waals surface area contributed by atoms with E-state index < -0.39 is 17.6 Å². The number of likely N-dealkylation sites (tertiary alicyclic amines) is 1. The molecule has 1 atom stereocenters. The van der Waals surface area contributed by atoms with Crippen molar-refractivity contribution in [1.82, 2.24) is 4.90 Å². The third-order valence-corrected chi connectivity index (χ3v) is 4.25. The average molecular weight is 325 g/mol. The molecule has 1 aromatic rings. The fourth-order valence-corrected chi connectivity index (χ4v) is 2.99. The first-order valence-corrected chi connectivity index (χ1v) is 7.89. The van der Waals surface area contributed by atoms with Gasteiger partial charge in [0.15, 0.2) is 0 Å². The number of benzene rings is 1. The Bertz CT molecular complexity index is 577. The summed E-state index contributed by atoms with van der Waals surface area (Å²) in [7, 11) is 0. The predicted octanol–water partition coefficient (Wildman–Crippen LogP) is 3.00. The molecule has 0 radical (unpaired) electrons. The molecule has 6 heteroatoms. The number of carbonyl (C=O) groups is 2. The van der Waals surface area contributed by atoms with E-state index in [1.165, 1.54) is 0 Å². The third kappa shape index (κ3) is 5.30. The van der Waals surface area contributed by atoms with Crippen LogP contribution in [0.25, 0.3) is 0 Å². The van der Waals surface area contributed by atoms with Gasteiger partial charge in [-0.15, -0.1) is 0 Å². The predicted molar refractivity (Wildman–Crippen MR) is 80.9 cm³/mol. The minimum Gasteiger partial charge on any atom is -0.481 e. The highest BCUT2D eigenvalue weighted by atomic mass is 19.1. The number of hydrogen-bond acceptors (Lipinski definition) is 2. The number of amides is 1. The lowest BCUT2D eigenvalue weighted by atomic mass is 9.93. The third-order valence-electron chi connectivity index (χ3n) is 4.25. The zero-order valence-corrected chi connectivity index (χ0v) is 12.9. The smallest absolute Gasteiger partial charge is 0.303 e. The van der Waals surface area contributed by atoms with Crippen LogP contribution >= 0.6 is 0 Å². The zero-order valence-electron chi connectivity index (χ0n) is 12.9. The second-order valence-electron chi connectivity index (χ2n) is 6.02. The van der Waals surface area contributed by atoms with Crippen LogP contribution in [0.3, 0.4) is 0 Å². The second-order valence-corrected chi connectivity index (χ2v) is 6.02. The standard InChI is InChI=1S/C17H21F2NO3/c18-14-5-6-15(19)13(10-14)4-7-16(21)20-9-1-2-12(11-20)3-8-17(22)23/h5-6,10,12H,1-4,7-9,11H2,(H,22,23)/t12-/m0/s1. The molecule has 0 unspecified atom stereocenters. The van der Waals surface area contributed by atoms with Gasteiger partial charge in [0.25, 0.3) is 0 Å². The van der Waals surface area contributed by atoms with Crippen LogP contribution in [0.4, 0.5) is 8.78 Å². The summed E-state index contributed by atoms with van der Waals surface area (Å²) >= 11 is 0. The van der Waals surface area contributed by atoms with Crippen molar-refractivity contribution in [2.45, 2.75) is 38.5 Å². The zero-order chi connectivity index (χ0) is 16.8. The first kappa shape index (κ1) is 17.4. The van der Waals surface area contributed by atoms with E-state index in [9.17, 15) is 18.4 Å². The maximum absolute atomic E-state index is 13.6. The minimum absolute atomic E-state index is 0.0892. The summed E-state index contributed by atoms with van der Waals surface area (Å²) < 4.78 is 26.7. The molecule has 1 N–H and O–H groups in total. The van der Waals surface area contributed by atoms with Gasteiger partial charge >= 0.3 is 5.97 Å².